The predicted octanol–water partition coefficient (Wildman–Crippen LogP) is -1.13. The van der Waals surface area contributed by atoms with Gasteiger partial charge in [-0.2, -0.15) is 0 Å². The number of methoxy groups -OCH3 is 2. The van der Waals surface area contributed by atoms with E-state index in [1.54, 1.807) is 6.92 Å². The van der Waals surface area contributed by atoms with Crippen LogP contribution in [0.25, 0.3) is 0 Å². The molecule has 0 aromatic heterocycles. The van der Waals surface area contributed by atoms with Gasteiger partial charge in [0.05, 0.1) is 12.1 Å². The van der Waals surface area contributed by atoms with Gasteiger partial charge >= 0.3 is 0 Å². The maximum absolute atomic E-state index is 10.4. The summed E-state index contributed by atoms with van der Waals surface area (Å²) in [6.07, 6.45) is -1.83. The van der Waals surface area contributed by atoms with E-state index < -0.39 is 18.5 Å². The molecular weight excluding hydrogens is 202 g/mol. The highest BCUT2D eigenvalue weighted by atomic mass is 16.7. The molecule has 1 rings (SSSR count). The molecule has 1 amide bonds. The fourth-order valence-corrected chi connectivity index (χ4v) is 1.86. The molecule has 0 aromatic carbocycles. The second-order valence-corrected chi connectivity index (χ2v) is 3.44. The first-order valence-electron chi connectivity index (χ1n) is 4.74. The average Bonchev–Trinajstić information content (AvgIpc) is 2.21. The van der Waals surface area contributed by atoms with Gasteiger partial charge in [0.25, 0.3) is 0 Å². The highest BCUT2D eigenvalue weighted by Crippen LogP contribution is 2.23. The van der Waals surface area contributed by atoms with Crippen molar-refractivity contribution in [2.24, 2.45) is 0 Å². The van der Waals surface area contributed by atoms with Crippen LogP contribution in [0.2, 0.25) is 0 Å². The van der Waals surface area contributed by atoms with Crippen LogP contribution in [0.3, 0.4) is 0 Å². The van der Waals surface area contributed by atoms with Crippen LogP contribution in [0.15, 0.2) is 0 Å². The van der Waals surface area contributed by atoms with Gasteiger partial charge in [-0.05, 0) is 6.92 Å². The molecule has 1 heterocycles. The van der Waals surface area contributed by atoms with Crippen LogP contribution >= 0.6 is 0 Å². The smallest absolute Gasteiger partial charge is 0.207 e. The minimum atomic E-state index is -1.04. The van der Waals surface area contributed by atoms with Gasteiger partial charge in [-0.15, -0.1) is 0 Å². The number of ether oxygens (including phenoxy) is 3. The molecular formula is C9H17NO5. The molecule has 1 fully saturated rings. The Morgan fingerprint density at radius 3 is 2.40 bits per heavy atom. The normalized spacial score (nSPS) is 41.2. The predicted molar refractivity (Wildman–Crippen MR) is 51.1 cm³/mol. The molecule has 0 saturated carbocycles. The van der Waals surface area contributed by atoms with Gasteiger partial charge in [0.15, 0.2) is 6.29 Å². The lowest BCUT2D eigenvalue weighted by molar-refractivity contribution is -0.263. The zero-order chi connectivity index (χ0) is 11.4. The Hall–Kier alpha value is -0.690. The third-order valence-corrected chi connectivity index (χ3v) is 2.62. The molecule has 1 aliphatic rings. The van der Waals surface area contributed by atoms with Crippen molar-refractivity contribution in [3.63, 3.8) is 0 Å². The van der Waals surface area contributed by atoms with Crippen LogP contribution < -0.4 is 5.32 Å². The molecule has 0 bridgehead atoms. The molecule has 88 valence electrons. The first-order valence-corrected chi connectivity index (χ1v) is 4.74. The third-order valence-electron chi connectivity index (χ3n) is 2.62. The van der Waals surface area contributed by atoms with Crippen molar-refractivity contribution in [1.29, 1.82) is 0 Å². The van der Waals surface area contributed by atoms with E-state index in [0.29, 0.717) is 6.41 Å². The second-order valence-electron chi connectivity index (χ2n) is 3.44. The fourth-order valence-electron chi connectivity index (χ4n) is 1.86. The number of aliphatic hydroxyl groups is 1. The lowest BCUT2D eigenvalue weighted by Gasteiger charge is -2.42. The summed E-state index contributed by atoms with van der Waals surface area (Å²) in [4.78, 5) is 10.4. The number of hydrogen-bond donors (Lipinski definition) is 2. The number of carbonyl (C=O) groups is 1. The Kier molecular flexibility index (Phi) is 4.46. The molecule has 0 spiro atoms. The Labute approximate surface area is 88.5 Å². The quantitative estimate of drug-likeness (QED) is 0.585. The second kappa shape index (κ2) is 5.41. The van der Waals surface area contributed by atoms with Gasteiger partial charge in [-0.25, -0.2) is 0 Å². The van der Waals surface area contributed by atoms with Crippen LogP contribution in [0.5, 0.6) is 0 Å². The van der Waals surface area contributed by atoms with E-state index in [2.05, 4.69) is 5.32 Å². The van der Waals surface area contributed by atoms with Crippen LogP contribution in [0.4, 0.5) is 0 Å². The van der Waals surface area contributed by atoms with Crippen molar-refractivity contribution >= 4 is 6.41 Å². The molecule has 0 radical (unpaired) electrons. The summed E-state index contributed by atoms with van der Waals surface area (Å²) >= 11 is 0. The van der Waals surface area contributed by atoms with Crippen LogP contribution in [0.1, 0.15) is 6.92 Å². The largest absolute Gasteiger partial charge is 0.376 e. The Balaban J connectivity index is 2.79. The van der Waals surface area contributed by atoms with Gasteiger partial charge < -0.3 is 24.6 Å². The van der Waals surface area contributed by atoms with E-state index in [4.69, 9.17) is 14.2 Å². The maximum atomic E-state index is 10.4. The monoisotopic (exact) mass is 219 g/mol. The molecule has 2 N–H and O–H groups in total. The Morgan fingerprint density at radius 2 is 1.93 bits per heavy atom. The highest BCUT2D eigenvalue weighted by Gasteiger charge is 2.44. The standard InChI is InChI=1S/C9H17NO5/c1-5-6(10-4-11)7(13-2)8(14-3)9(12)15-5/h4-9,12H,1-3H3,(H,10,11)/t5-,6-,7+,8+,9+/m1/s1. The summed E-state index contributed by atoms with van der Waals surface area (Å²) in [6.45, 7) is 1.75. The molecule has 1 aliphatic heterocycles. The van der Waals surface area contributed by atoms with Crippen molar-refractivity contribution in [2.75, 3.05) is 14.2 Å². The molecule has 15 heavy (non-hydrogen) atoms. The summed E-state index contributed by atoms with van der Waals surface area (Å²) in [5.74, 6) is 0. The van der Waals surface area contributed by atoms with E-state index in [0.717, 1.165) is 0 Å². The number of nitrogens with one attached hydrogen (secondary N) is 1. The summed E-state index contributed by atoms with van der Waals surface area (Å²) in [7, 11) is 2.96. The lowest BCUT2D eigenvalue weighted by Crippen LogP contribution is -2.62. The van der Waals surface area contributed by atoms with Gasteiger partial charge in [0, 0.05) is 14.2 Å². The summed E-state index contributed by atoms with van der Waals surface area (Å²) in [5, 5.41) is 12.2. The summed E-state index contributed by atoms with van der Waals surface area (Å²) in [6, 6.07) is -0.333. The lowest BCUT2D eigenvalue weighted by atomic mass is 9.97. The Bertz CT molecular complexity index is 213. The molecule has 0 aromatic rings. The van der Waals surface area contributed by atoms with Crippen LogP contribution in [0, 0.1) is 0 Å². The molecule has 1 saturated heterocycles. The van der Waals surface area contributed by atoms with E-state index >= 15 is 0 Å². The van der Waals surface area contributed by atoms with Crippen molar-refractivity contribution in [1.82, 2.24) is 5.32 Å². The van der Waals surface area contributed by atoms with Gasteiger partial charge in [-0.3, -0.25) is 4.79 Å². The van der Waals surface area contributed by atoms with Crippen molar-refractivity contribution < 1.29 is 24.1 Å². The highest BCUT2D eigenvalue weighted by molar-refractivity contribution is 5.47. The number of amides is 1. The molecule has 6 nitrogen and oxygen atoms in total. The zero-order valence-corrected chi connectivity index (χ0v) is 9.04. The first-order chi connectivity index (χ1) is 7.15. The minimum absolute atomic E-state index is 0.332. The number of hydrogen-bond acceptors (Lipinski definition) is 5. The zero-order valence-electron chi connectivity index (χ0n) is 9.04. The third kappa shape index (κ3) is 2.46. The molecule has 0 aliphatic carbocycles. The maximum Gasteiger partial charge on any atom is 0.207 e. The van der Waals surface area contributed by atoms with Crippen molar-refractivity contribution in [3.8, 4) is 0 Å². The summed E-state index contributed by atoms with van der Waals surface area (Å²) in [5.41, 5.74) is 0. The number of aliphatic hydroxyl groups excluding tert-OH is 1. The van der Waals surface area contributed by atoms with E-state index in [1.165, 1.54) is 14.2 Å². The summed E-state index contributed by atoms with van der Waals surface area (Å²) < 4.78 is 15.5. The van der Waals surface area contributed by atoms with Crippen LogP contribution in [-0.4, -0.2) is 56.4 Å². The average molecular weight is 219 g/mol. The first kappa shape index (κ1) is 12.4. The molecule has 5 atom stereocenters. The van der Waals surface area contributed by atoms with E-state index in [1.807, 2.05) is 0 Å². The fraction of sp³-hybridized carbons (Fsp3) is 0.889. The van der Waals surface area contributed by atoms with Gasteiger partial charge in [-0.1, -0.05) is 0 Å². The van der Waals surface area contributed by atoms with Gasteiger partial charge in [0.2, 0.25) is 6.41 Å². The number of carbonyl (C=O) groups excluding carboxylic acids is 1. The van der Waals surface area contributed by atoms with E-state index in [9.17, 15) is 9.90 Å². The topological polar surface area (TPSA) is 77.0 Å². The number of rotatable bonds is 4. The van der Waals surface area contributed by atoms with Gasteiger partial charge in [0.1, 0.15) is 12.2 Å². The Morgan fingerprint density at radius 1 is 1.33 bits per heavy atom. The van der Waals surface area contributed by atoms with E-state index in [-0.39, 0.29) is 12.1 Å². The van der Waals surface area contributed by atoms with Crippen molar-refractivity contribution in [3.05, 3.63) is 0 Å². The SMILES string of the molecule is CO[C@H]1[C@H](NC=O)[C@@H](C)O[C@H](O)[C@H]1OC. The molecule has 0 unspecified atom stereocenters. The van der Waals surface area contributed by atoms with Crippen LogP contribution in [-0.2, 0) is 19.0 Å². The van der Waals surface area contributed by atoms with Crippen molar-refractivity contribution in [2.45, 2.75) is 37.6 Å². The molecule has 6 heteroatoms. The minimum Gasteiger partial charge on any atom is -0.376 e.